The second kappa shape index (κ2) is 6.22. The van der Waals surface area contributed by atoms with Gasteiger partial charge >= 0.3 is 0 Å². The van der Waals surface area contributed by atoms with Crippen molar-refractivity contribution < 1.29 is 13.9 Å². The summed E-state index contributed by atoms with van der Waals surface area (Å²) in [5.74, 6) is -0.325. The quantitative estimate of drug-likeness (QED) is 0.800. The molecule has 1 rings (SSSR count). The molecule has 0 aromatic carbocycles. The van der Waals surface area contributed by atoms with E-state index >= 15 is 0 Å². The highest BCUT2D eigenvalue weighted by Gasteiger charge is 2.11. The lowest BCUT2D eigenvalue weighted by atomic mass is 10.4. The van der Waals surface area contributed by atoms with Crippen LogP contribution in [0.3, 0.4) is 0 Å². The molecule has 6 heteroatoms. The van der Waals surface area contributed by atoms with E-state index in [2.05, 4.69) is 15.3 Å². The van der Waals surface area contributed by atoms with Crippen LogP contribution in [0.5, 0.6) is 5.88 Å². The summed E-state index contributed by atoms with van der Waals surface area (Å²) in [4.78, 5) is 7.58. The lowest BCUT2D eigenvalue weighted by Crippen LogP contribution is -2.20. The van der Waals surface area contributed by atoms with Crippen LogP contribution in [-0.2, 0) is 4.74 Å². The van der Waals surface area contributed by atoms with E-state index in [4.69, 9.17) is 9.47 Å². The average Bonchev–Trinajstić information content (AvgIpc) is 2.29. The standard InChI is InChI=1S/C10H16FN3O2/c1-4-15-6-7(2)16-9-8(11)5-13-10(12-3)14-9/h5,7H,4,6H2,1-3H3,(H,12,13,14). The molecule has 0 bridgehead atoms. The number of anilines is 1. The van der Waals surface area contributed by atoms with E-state index in [1.54, 1.807) is 14.0 Å². The summed E-state index contributed by atoms with van der Waals surface area (Å²) < 4.78 is 23.7. The lowest BCUT2D eigenvalue weighted by molar-refractivity contribution is 0.0610. The van der Waals surface area contributed by atoms with Crippen molar-refractivity contribution >= 4 is 5.95 Å². The zero-order valence-electron chi connectivity index (χ0n) is 9.66. The number of aromatic nitrogens is 2. The molecule has 0 radical (unpaired) electrons. The molecule has 16 heavy (non-hydrogen) atoms. The van der Waals surface area contributed by atoms with Crippen LogP contribution in [0.25, 0.3) is 0 Å². The van der Waals surface area contributed by atoms with Gasteiger partial charge in [-0.25, -0.2) is 4.98 Å². The van der Waals surface area contributed by atoms with Crippen molar-refractivity contribution in [2.24, 2.45) is 0 Å². The van der Waals surface area contributed by atoms with Gasteiger partial charge in [0.15, 0.2) is 0 Å². The molecule has 0 aliphatic carbocycles. The first kappa shape index (κ1) is 12.6. The van der Waals surface area contributed by atoms with Gasteiger partial charge in [0.05, 0.1) is 12.8 Å². The Hall–Kier alpha value is -1.43. The first-order valence-corrected chi connectivity index (χ1v) is 5.12. The normalized spacial score (nSPS) is 12.2. The first-order valence-electron chi connectivity index (χ1n) is 5.12. The SMILES string of the molecule is CCOCC(C)Oc1nc(NC)ncc1F. The molecule has 1 aromatic rings. The smallest absolute Gasteiger partial charge is 0.255 e. The topological polar surface area (TPSA) is 56.3 Å². The van der Waals surface area contributed by atoms with Gasteiger partial charge in [0.1, 0.15) is 6.10 Å². The van der Waals surface area contributed by atoms with Crippen molar-refractivity contribution in [3.63, 3.8) is 0 Å². The molecule has 0 amide bonds. The Bertz CT molecular complexity index is 336. The molecule has 0 fully saturated rings. The molecular weight excluding hydrogens is 213 g/mol. The van der Waals surface area contributed by atoms with Gasteiger partial charge in [0.2, 0.25) is 11.8 Å². The average molecular weight is 229 g/mol. The van der Waals surface area contributed by atoms with Crippen molar-refractivity contribution in [1.29, 1.82) is 0 Å². The summed E-state index contributed by atoms with van der Waals surface area (Å²) in [5.41, 5.74) is 0. The summed E-state index contributed by atoms with van der Waals surface area (Å²) in [6.45, 7) is 4.67. The highest BCUT2D eigenvalue weighted by Crippen LogP contribution is 2.15. The van der Waals surface area contributed by atoms with Crippen LogP contribution in [0.2, 0.25) is 0 Å². The van der Waals surface area contributed by atoms with Gasteiger partial charge in [-0.1, -0.05) is 0 Å². The summed E-state index contributed by atoms with van der Waals surface area (Å²) in [6, 6.07) is 0. The van der Waals surface area contributed by atoms with E-state index in [-0.39, 0.29) is 12.0 Å². The third-order valence-corrected chi connectivity index (χ3v) is 1.81. The molecule has 0 saturated carbocycles. The molecule has 0 saturated heterocycles. The van der Waals surface area contributed by atoms with Gasteiger partial charge in [0, 0.05) is 13.7 Å². The lowest BCUT2D eigenvalue weighted by Gasteiger charge is -2.14. The molecule has 1 aromatic heterocycles. The fraction of sp³-hybridized carbons (Fsp3) is 0.600. The van der Waals surface area contributed by atoms with Crippen molar-refractivity contribution in [2.45, 2.75) is 20.0 Å². The van der Waals surface area contributed by atoms with Crippen LogP contribution in [0.15, 0.2) is 6.20 Å². The number of hydrogen-bond donors (Lipinski definition) is 1. The molecule has 90 valence electrons. The molecule has 1 unspecified atom stereocenters. The Morgan fingerprint density at radius 3 is 2.94 bits per heavy atom. The minimum atomic E-state index is -0.581. The van der Waals surface area contributed by atoms with Crippen LogP contribution >= 0.6 is 0 Å². The largest absolute Gasteiger partial charge is 0.470 e. The maximum absolute atomic E-state index is 13.3. The molecular formula is C10H16FN3O2. The Balaban J connectivity index is 2.64. The van der Waals surface area contributed by atoms with Gasteiger partial charge in [-0.05, 0) is 13.8 Å². The fourth-order valence-corrected chi connectivity index (χ4v) is 1.06. The van der Waals surface area contributed by atoms with Crippen molar-refractivity contribution in [3.8, 4) is 5.88 Å². The second-order valence-corrected chi connectivity index (χ2v) is 3.18. The number of rotatable bonds is 6. The van der Waals surface area contributed by atoms with E-state index < -0.39 is 5.82 Å². The molecule has 0 aliphatic rings. The Labute approximate surface area is 94.0 Å². The van der Waals surface area contributed by atoms with E-state index in [1.165, 1.54) is 0 Å². The van der Waals surface area contributed by atoms with E-state index in [9.17, 15) is 4.39 Å². The van der Waals surface area contributed by atoms with Crippen LogP contribution in [-0.4, -0.2) is 36.3 Å². The maximum atomic E-state index is 13.3. The molecule has 1 N–H and O–H groups in total. The van der Waals surface area contributed by atoms with Crippen molar-refractivity contribution in [3.05, 3.63) is 12.0 Å². The molecule has 5 nitrogen and oxygen atoms in total. The molecule has 0 aliphatic heterocycles. The Kier molecular flexibility index (Phi) is 4.91. The van der Waals surface area contributed by atoms with Crippen LogP contribution in [0.4, 0.5) is 10.3 Å². The summed E-state index contributed by atoms with van der Waals surface area (Å²) in [6.07, 6.45) is 0.815. The fourth-order valence-electron chi connectivity index (χ4n) is 1.06. The van der Waals surface area contributed by atoms with Gasteiger partial charge in [0.25, 0.3) is 5.88 Å². The van der Waals surface area contributed by atoms with Crippen LogP contribution in [0, 0.1) is 5.82 Å². The van der Waals surface area contributed by atoms with Crippen molar-refractivity contribution in [2.75, 3.05) is 25.6 Å². The predicted molar refractivity (Wildman–Crippen MR) is 58.1 cm³/mol. The summed E-state index contributed by atoms with van der Waals surface area (Å²) in [7, 11) is 1.65. The van der Waals surface area contributed by atoms with E-state index in [1.807, 2.05) is 6.92 Å². The molecule has 0 spiro atoms. The zero-order valence-corrected chi connectivity index (χ0v) is 9.66. The zero-order chi connectivity index (χ0) is 12.0. The van der Waals surface area contributed by atoms with Crippen LogP contribution < -0.4 is 10.1 Å². The first-order chi connectivity index (χ1) is 7.67. The van der Waals surface area contributed by atoms with Gasteiger partial charge in [-0.2, -0.15) is 9.37 Å². The third-order valence-electron chi connectivity index (χ3n) is 1.81. The number of hydrogen-bond acceptors (Lipinski definition) is 5. The van der Waals surface area contributed by atoms with Crippen LogP contribution in [0.1, 0.15) is 13.8 Å². The van der Waals surface area contributed by atoms with Gasteiger partial charge in [-0.15, -0.1) is 0 Å². The highest BCUT2D eigenvalue weighted by molar-refractivity contribution is 5.27. The number of nitrogens with zero attached hydrogens (tertiary/aromatic N) is 2. The number of nitrogens with one attached hydrogen (secondary N) is 1. The van der Waals surface area contributed by atoms with Gasteiger partial charge < -0.3 is 14.8 Å². The highest BCUT2D eigenvalue weighted by atomic mass is 19.1. The van der Waals surface area contributed by atoms with Crippen molar-refractivity contribution in [1.82, 2.24) is 9.97 Å². The second-order valence-electron chi connectivity index (χ2n) is 3.18. The third kappa shape index (κ3) is 3.62. The minimum Gasteiger partial charge on any atom is -0.470 e. The molecule has 1 atom stereocenters. The van der Waals surface area contributed by atoms with E-state index in [0.29, 0.717) is 19.2 Å². The summed E-state index contributed by atoms with van der Waals surface area (Å²) in [5, 5.41) is 2.71. The van der Waals surface area contributed by atoms with Gasteiger partial charge in [-0.3, -0.25) is 0 Å². The monoisotopic (exact) mass is 229 g/mol. The predicted octanol–water partition coefficient (Wildman–Crippen LogP) is 1.46. The maximum Gasteiger partial charge on any atom is 0.255 e. The van der Waals surface area contributed by atoms with E-state index in [0.717, 1.165) is 6.20 Å². The number of halogens is 1. The minimum absolute atomic E-state index is 0.0634. The Morgan fingerprint density at radius 1 is 1.56 bits per heavy atom. The number of ether oxygens (including phenoxy) is 2. The Morgan fingerprint density at radius 2 is 2.31 bits per heavy atom. The molecule has 1 heterocycles. The summed E-state index contributed by atoms with van der Waals surface area (Å²) >= 11 is 0.